The zero-order valence-electron chi connectivity index (χ0n) is 13.3. The van der Waals surface area contributed by atoms with E-state index in [1.54, 1.807) is 20.8 Å². The predicted octanol–water partition coefficient (Wildman–Crippen LogP) is 3.13. The molecule has 1 N–H and O–H groups in total. The fourth-order valence-electron chi connectivity index (χ4n) is 2.37. The summed E-state index contributed by atoms with van der Waals surface area (Å²) in [6, 6.07) is 6.56. The van der Waals surface area contributed by atoms with Crippen molar-refractivity contribution in [2.45, 2.75) is 44.9 Å². The molecular formula is C16H20INO5. The average Bonchev–Trinajstić information content (AvgIpc) is 2.81. The van der Waals surface area contributed by atoms with E-state index in [1.807, 2.05) is 24.3 Å². The molecule has 1 fully saturated rings. The first kappa shape index (κ1) is 17.8. The number of nitrogens with zero attached hydrogens (tertiary/aromatic N) is 1. The summed E-state index contributed by atoms with van der Waals surface area (Å²) >= 11 is 2.18. The standard InChI is InChI=1S/C16H20INO5/c1-16(2,3)23-15(21)18-9-12(8-13(18)14(19)20)22-11-6-4-5-10(17)7-11/h4-7,12-13H,8-9H2,1-3H3,(H,19,20). The van der Waals surface area contributed by atoms with Gasteiger partial charge in [0.15, 0.2) is 0 Å². The van der Waals surface area contributed by atoms with Gasteiger partial charge in [-0.15, -0.1) is 0 Å². The van der Waals surface area contributed by atoms with E-state index in [-0.39, 0.29) is 19.1 Å². The second-order valence-corrected chi connectivity index (χ2v) is 7.67. The highest BCUT2D eigenvalue weighted by Gasteiger charge is 2.42. The number of carbonyl (C=O) groups excluding carboxylic acids is 1. The number of carboxylic acid groups (broad SMARTS) is 1. The molecule has 1 amide bonds. The lowest BCUT2D eigenvalue weighted by Crippen LogP contribution is -2.43. The lowest BCUT2D eigenvalue weighted by atomic mass is 10.2. The van der Waals surface area contributed by atoms with Crippen molar-refractivity contribution >= 4 is 34.7 Å². The smallest absolute Gasteiger partial charge is 0.411 e. The van der Waals surface area contributed by atoms with Gasteiger partial charge in [-0.05, 0) is 61.6 Å². The first-order valence-electron chi connectivity index (χ1n) is 7.30. The lowest BCUT2D eigenvalue weighted by Gasteiger charge is -2.26. The second-order valence-electron chi connectivity index (χ2n) is 6.42. The van der Waals surface area contributed by atoms with Crippen molar-refractivity contribution in [1.82, 2.24) is 4.90 Å². The molecule has 0 radical (unpaired) electrons. The molecule has 0 bridgehead atoms. The van der Waals surface area contributed by atoms with Gasteiger partial charge in [0.2, 0.25) is 0 Å². The van der Waals surface area contributed by atoms with Crippen LogP contribution in [0.25, 0.3) is 0 Å². The Kier molecular flexibility index (Phi) is 5.38. The second kappa shape index (κ2) is 6.94. The maximum Gasteiger partial charge on any atom is 0.411 e. The van der Waals surface area contributed by atoms with E-state index in [1.165, 1.54) is 4.90 Å². The number of rotatable bonds is 3. The molecule has 6 nitrogen and oxygen atoms in total. The summed E-state index contributed by atoms with van der Waals surface area (Å²) in [7, 11) is 0. The summed E-state index contributed by atoms with van der Waals surface area (Å²) in [5.74, 6) is -0.387. The molecule has 126 valence electrons. The molecule has 1 saturated heterocycles. The van der Waals surface area contributed by atoms with Crippen LogP contribution in [-0.2, 0) is 9.53 Å². The van der Waals surface area contributed by atoms with Crippen LogP contribution in [0.4, 0.5) is 4.79 Å². The molecule has 7 heteroatoms. The summed E-state index contributed by atoms with van der Waals surface area (Å²) in [6.45, 7) is 5.43. The van der Waals surface area contributed by atoms with Gasteiger partial charge < -0.3 is 14.6 Å². The molecule has 2 unspecified atom stereocenters. The summed E-state index contributed by atoms with van der Waals surface area (Å²) in [5, 5.41) is 9.35. The molecule has 23 heavy (non-hydrogen) atoms. The number of hydrogen-bond donors (Lipinski definition) is 1. The minimum Gasteiger partial charge on any atom is -0.488 e. The minimum absolute atomic E-state index is 0.192. The van der Waals surface area contributed by atoms with Crippen LogP contribution in [0, 0.1) is 3.57 Å². The molecule has 2 rings (SSSR count). The summed E-state index contributed by atoms with van der Waals surface area (Å²) < 4.78 is 12.1. The molecule has 1 aliphatic heterocycles. The van der Waals surface area contributed by atoms with Crippen molar-refractivity contribution in [3.8, 4) is 5.75 Å². The van der Waals surface area contributed by atoms with Crippen LogP contribution in [0.3, 0.4) is 0 Å². The Balaban J connectivity index is 2.08. The van der Waals surface area contributed by atoms with E-state index in [2.05, 4.69) is 22.6 Å². The minimum atomic E-state index is -1.05. The summed E-state index contributed by atoms with van der Waals surface area (Å²) in [6.07, 6.45) is -0.763. The highest BCUT2D eigenvalue weighted by Crippen LogP contribution is 2.26. The molecule has 0 spiro atoms. The lowest BCUT2D eigenvalue weighted by molar-refractivity contribution is -0.142. The van der Waals surface area contributed by atoms with Gasteiger partial charge in [0, 0.05) is 9.99 Å². The van der Waals surface area contributed by atoms with Crippen LogP contribution in [0.2, 0.25) is 0 Å². The fourth-order valence-corrected chi connectivity index (χ4v) is 2.89. The van der Waals surface area contributed by atoms with Gasteiger partial charge in [-0.1, -0.05) is 6.07 Å². The van der Waals surface area contributed by atoms with Crippen molar-refractivity contribution in [3.63, 3.8) is 0 Å². The normalized spacial score (nSPS) is 21.1. The summed E-state index contributed by atoms with van der Waals surface area (Å²) in [4.78, 5) is 24.9. The first-order chi connectivity index (χ1) is 10.7. The van der Waals surface area contributed by atoms with Crippen molar-refractivity contribution in [3.05, 3.63) is 27.8 Å². The number of likely N-dealkylation sites (tertiary alicyclic amines) is 1. The Labute approximate surface area is 148 Å². The van der Waals surface area contributed by atoms with Crippen LogP contribution in [0.5, 0.6) is 5.75 Å². The Morgan fingerprint density at radius 1 is 1.35 bits per heavy atom. The molecular weight excluding hydrogens is 413 g/mol. The third-order valence-corrected chi connectivity index (χ3v) is 3.95. The number of amides is 1. The largest absolute Gasteiger partial charge is 0.488 e. The third kappa shape index (κ3) is 4.98. The number of carboxylic acids is 1. The molecule has 0 aromatic heterocycles. The van der Waals surface area contributed by atoms with E-state index in [0.717, 1.165) is 3.57 Å². The van der Waals surface area contributed by atoms with Crippen LogP contribution in [-0.4, -0.2) is 46.4 Å². The highest BCUT2D eigenvalue weighted by molar-refractivity contribution is 14.1. The van der Waals surface area contributed by atoms with E-state index in [0.29, 0.717) is 5.75 Å². The molecule has 0 aliphatic carbocycles. The van der Waals surface area contributed by atoms with Gasteiger partial charge in [-0.2, -0.15) is 0 Å². The number of halogens is 1. The monoisotopic (exact) mass is 433 g/mol. The predicted molar refractivity (Wildman–Crippen MR) is 92.6 cm³/mol. The topological polar surface area (TPSA) is 76.1 Å². The van der Waals surface area contributed by atoms with Gasteiger partial charge in [-0.3, -0.25) is 4.90 Å². The quantitative estimate of drug-likeness (QED) is 0.742. The maximum atomic E-state index is 12.2. The van der Waals surface area contributed by atoms with Gasteiger partial charge in [0.05, 0.1) is 6.54 Å². The zero-order valence-corrected chi connectivity index (χ0v) is 15.4. The van der Waals surface area contributed by atoms with E-state index in [9.17, 15) is 14.7 Å². The number of ether oxygens (including phenoxy) is 2. The van der Waals surface area contributed by atoms with Crippen molar-refractivity contribution in [2.24, 2.45) is 0 Å². The third-order valence-electron chi connectivity index (χ3n) is 3.27. The average molecular weight is 433 g/mol. The van der Waals surface area contributed by atoms with Crippen molar-refractivity contribution in [2.75, 3.05) is 6.54 Å². The fraction of sp³-hybridized carbons (Fsp3) is 0.500. The van der Waals surface area contributed by atoms with Crippen molar-refractivity contribution in [1.29, 1.82) is 0 Å². The number of carbonyl (C=O) groups is 2. The number of aliphatic carboxylic acids is 1. The maximum absolute atomic E-state index is 12.2. The highest BCUT2D eigenvalue weighted by atomic mass is 127. The van der Waals surface area contributed by atoms with Gasteiger partial charge in [0.1, 0.15) is 23.5 Å². The van der Waals surface area contributed by atoms with Crippen LogP contribution in [0.15, 0.2) is 24.3 Å². The molecule has 1 heterocycles. The molecule has 1 aromatic carbocycles. The van der Waals surface area contributed by atoms with E-state index >= 15 is 0 Å². The zero-order chi connectivity index (χ0) is 17.2. The molecule has 0 saturated carbocycles. The Bertz CT molecular complexity index is 598. The Morgan fingerprint density at radius 3 is 2.61 bits per heavy atom. The van der Waals surface area contributed by atoms with E-state index in [4.69, 9.17) is 9.47 Å². The van der Waals surface area contributed by atoms with Crippen molar-refractivity contribution < 1.29 is 24.2 Å². The molecule has 1 aliphatic rings. The first-order valence-corrected chi connectivity index (χ1v) is 8.38. The molecule has 1 aromatic rings. The van der Waals surface area contributed by atoms with E-state index < -0.39 is 23.7 Å². The van der Waals surface area contributed by atoms with Crippen LogP contribution < -0.4 is 4.74 Å². The number of hydrogen-bond acceptors (Lipinski definition) is 4. The van der Waals surface area contributed by atoms with Gasteiger partial charge in [0.25, 0.3) is 0 Å². The van der Waals surface area contributed by atoms with Crippen LogP contribution >= 0.6 is 22.6 Å². The SMILES string of the molecule is CC(C)(C)OC(=O)N1CC(Oc2cccc(I)c2)CC1C(=O)O. The van der Waals surface area contributed by atoms with Crippen LogP contribution in [0.1, 0.15) is 27.2 Å². The summed E-state index contributed by atoms with van der Waals surface area (Å²) in [5.41, 5.74) is -0.672. The Hall–Kier alpha value is -1.51. The number of benzene rings is 1. The van der Waals surface area contributed by atoms with Gasteiger partial charge >= 0.3 is 12.1 Å². The Morgan fingerprint density at radius 2 is 2.04 bits per heavy atom. The molecule has 2 atom stereocenters. The van der Waals surface area contributed by atoms with Gasteiger partial charge in [-0.25, -0.2) is 9.59 Å².